The van der Waals surface area contributed by atoms with Gasteiger partial charge in [-0.3, -0.25) is 14.6 Å². The van der Waals surface area contributed by atoms with Gasteiger partial charge < -0.3 is 0 Å². The monoisotopic (exact) mass is 475 g/mol. The minimum absolute atomic E-state index is 0.138. The fraction of sp³-hybridized carbons (Fsp3) is 0.0690. The summed E-state index contributed by atoms with van der Waals surface area (Å²) in [6.45, 7) is 3.63. The van der Waals surface area contributed by atoms with E-state index in [1.54, 1.807) is 6.07 Å². The molecule has 7 nitrogen and oxygen atoms in total. The van der Waals surface area contributed by atoms with Crippen molar-refractivity contribution in [1.82, 2.24) is 15.8 Å². The van der Waals surface area contributed by atoms with E-state index in [0.29, 0.717) is 22.6 Å². The molecule has 1 heterocycles. The van der Waals surface area contributed by atoms with Gasteiger partial charge in [-0.2, -0.15) is 10.2 Å². The first-order valence-corrected chi connectivity index (χ1v) is 11.4. The number of nitrogens with zero attached hydrogens (tertiary/aromatic N) is 3. The van der Waals surface area contributed by atoms with Crippen molar-refractivity contribution in [2.24, 2.45) is 10.2 Å². The van der Waals surface area contributed by atoms with Crippen molar-refractivity contribution < 1.29 is 9.59 Å². The third-order valence-electron chi connectivity index (χ3n) is 5.50. The summed E-state index contributed by atoms with van der Waals surface area (Å²) in [5.74, 6) is -0.908. The zero-order valence-electron chi connectivity index (χ0n) is 20.0. The Labute approximate surface area is 209 Å². The predicted molar refractivity (Wildman–Crippen MR) is 142 cm³/mol. The van der Waals surface area contributed by atoms with Crippen molar-refractivity contribution in [2.45, 2.75) is 13.8 Å². The highest BCUT2D eigenvalue weighted by Crippen LogP contribution is 2.24. The van der Waals surface area contributed by atoms with Crippen LogP contribution in [-0.2, 0) is 0 Å². The molecule has 178 valence electrons. The first-order valence-electron chi connectivity index (χ1n) is 11.4. The van der Waals surface area contributed by atoms with E-state index in [-0.39, 0.29) is 5.69 Å². The molecule has 0 aliphatic rings. The second kappa shape index (κ2) is 11.5. The molecule has 4 rings (SSSR count). The van der Waals surface area contributed by atoms with Gasteiger partial charge >= 0.3 is 0 Å². The van der Waals surface area contributed by atoms with Crippen LogP contribution in [0.2, 0.25) is 0 Å². The summed E-state index contributed by atoms with van der Waals surface area (Å²) < 4.78 is 0. The van der Waals surface area contributed by atoms with Crippen LogP contribution < -0.4 is 10.9 Å². The Morgan fingerprint density at radius 1 is 0.667 bits per heavy atom. The first kappa shape index (κ1) is 24.2. The second-order valence-corrected chi connectivity index (χ2v) is 7.99. The summed E-state index contributed by atoms with van der Waals surface area (Å²) in [5, 5.41) is 8.42. The number of hydrogen-bond acceptors (Lipinski definition) is 5. The Morgan fingerprint density at radius 2 is 1.14 bits per heavy atom. The maximum atomic E-state index is 13.0. The Bertz CT molecular complexity index is 1420. The molecule has 1 aromatic heterocycles. The van der Waals surface area contributed by atoms with Crippen LogP contribution in [0.1, 0.15) is 45.8 Å². The van der Waals surface area contributed by atoms with Gasteiger partial charge in [0.1, 0.15) is 5.69 Å². The van der Waals surface area contributed by atoms with Crippen LogP contribution in [0.3, 0.4) is 0 Å². The van der Waals surface area contributed by atoms with E-state index in [2.05, 4.69) is 26.0 Å². The van der Waals surface area contributed by atoms with Crippen LogP contribution in [-0.4, -0.2) is 28.2 Å². The minimum atomic E-state index is -0.479. The normalized spacial score (nSPS) is 11.6. The van der Waals surface area contributed by atoms with Gasteiger partial charge in [0.2, 0.25) is 0 Å². The van der Waals surface area contributed by atoms with E-state index in [4.69, 9.17) is 0 Å². The summed E-state index contributed by atoms with van der Waals surface area (Å²) in [6, 6.07) is 30.0. The third-order valence-corrected chi connectivity index (χ3v) is 5.50. The maximum Gasteiger partial charge on any atom is 0.289 e. The molecule has 2 amide bonds. The highest BCUT2D eigenvalue weighted by Gasteiger charge is 2.17. The summed E-state index contributed by atoms with van der Waals surface area (Å²) >= 11 is 0. The Morgan fingerprint density at radius 3 is 1.67 bits per heavy atom. The summed E-state index contributed by atoms with van der Waals surface area (Å²) in [6.07, 6.45) is 1.38. The Kier molecular flexibility index (Phi) is 7.73. The molecular formula is C29H25N5O2. The molecule has 0 unspecified atom stereocenters. The second-order valence-electron chi connectivity index (χ2n) is 7.99. The van der Waals surface area contributed by atoms with Gasteiger partial charge in [0, 0.05) is 6.20 Å². The molecular weight excluding hydrogens is 450 g/mol. The lowest BCUT2D eigenvalue weighted by atomic mass is 10.00. The highest BCUT2D eigenvalue weighted by atomic mass is 16.2. The standard InChI is InChI=1S/C29H25N5O2/c1-20(22-12-6-3-7-13-22)31-33-28(35)26-19-30-27(18-25(26)24-16-10-5-11-17-24)29(36)34-32-21(2)23-14-8-4-9-15-23/h3-19H,1-2H3,(H,33,35)(H,34,36)/b31-20+,32-21+. The van der Waals surface area contributed by atoms with Crippen molar-refractivity contribution >= 4 is 23.2 Å². The fourth-order valence-corrected chi connectivity index (χ4v) is 3.49. The summed E-state index contributed by atoms with van der Waals surface area (Å²) in [5.41, 5.74) is 10.0. The van der Waals surface area contributed by atoms with E-state index in [0.717, 1.165) is 16.7 Å². The molecule has 0 aliphatic heterocycles. The molecule has 0 saturated carbocycles. The Hall–Kier alpha value is -4.91. The number of pyridine rings is 1. The fourth-order valence-electron chi connectivity index (χ4n) is 3.49. The smallest absolute Gasteiger partial charge is 0.267 e. The van der Waals surface area contributed by atoms with Crippen molar-refractivity contribution in [3.8, 4) is 11.1 Å². The molecule has 4 aromatic rings. The van der Waals surface area contributed by atoms with Gasteiger partial charge in [0.05, 0.1) is 17.0 Å². The van der Waals surface area contributed by atoms with Crippen molar-refractivity contribution in [3.63, 3.8) is 0 Å². The molecule has 7 heteroatoms. The summed E-state index contributed by atoms with van der Waals surface area (Å²) in [4.78, 5) is 30.1. The maximum absolute atomic E-state index is 13.0. The van der Waals surface area contributed by atoms with Gasteiger partial charge in [0.15, 0.2) is 0 Å². The van der Waals surface area contributed by atoms with Crippen LogP contribution >= 0.6 is 0 Å². The number of nitrogens with one attached hydrogen (secondary N) is 2. The minimum Gasteiger partial charge on any atom is -0.267 e. The van der Waals surface area contributed by atoms with Gasteiger partial charge in [-0.05, 0) is 42.2 Å². The largest absolute Gasteiger partial charge is 0.289 e. The van der Waals surface area contributed by atoms with Crippen LogP contribution in [0.15, 0.2) is 113 Å². The van der Waals surface area contributed by atoms with E-state index in [1.165, 1.54) is 6.20 Å². The van der Waals surface area contributed by atoms with E-state index >= 15 is 0 Å². The van der Waals surface area contributed by atoms with E-state index in [9.17, 15) is 9.59 Å². The number of rotatable bonds is 7. The highest BCUT2D eigenvalue weighted by molar-refractivity contribution is 6.05. The number of hydrogen-bond donors (Lipinski definition) is 2. The van der Waals surface area contributed by atoms with Crippen LogP contribution in [0.5, 0.6) is 0 Å². The van der Waals surface area contributed by atoms with Gasteiger partial charge in [-0.1, -0.05) is 91.0 Å². The SMILES string of the molecule is C/C(=N\NC(=O)c1cc(-c2ccccc2)c(C(=O)N/N=C(\C)c2ccccc2)cn1)c1ccccc1. The molecule has 0 spiro atoms. The number of aromatic nitrogens is 1. The molecule has 2 N–H and O–H groups in total. The van der Waals surface area contributed by atoms with Gasteiger partial charge in [-0.15, -0.1) is 0 Å². The molecule has 3 aromatic carbocycles. The number of benzene rings is 3. The van der Waals surface area contributed by atoms with Crippen LogP contribution in [0, 0.1) is 0 Å². The molecule has 0 radical (unpaired) electrons. The third kappa shape index (κ3) is 5.95. The summed E-state index contributed by atoms with van der Waals surface area (Å²) in [7, 11) is 0. The van der Waals surface area contributed by atoms with E-state index < -0.39 is 11.8 Å². The number of amides is 2. The van der Waals surface area contributed by atoms with Crippen molar-refractivity contribution in [1.29, 1.82) is 0 Å². The topological polar surface area (TPSA) is 95.8 Å². The van der Waals surface area contributed by atoms with Crippen LogP contribution in [0.25, 0.3) is 11.1 Å². The van der Waals surface area contributed by atoms with E-state index in [1.807, 2.05) is 105 Å². The zero-order chi connectivity index (χ0) is 25.3. The molecule has 0 atom stereocenters. The molecule has 0 bridgehead atoms. The molecule has 0 saturated heterocycles. The van der Waals surface area contributed by atoms with Crippen molar-refractivity contribution in [2.75, 3.05) is 0 Å². The number of hydrazone groups is 2. The van der Waals surface area contributed by atoms with Gasteiger partial charge in [-0.25, -0.2) is 10.9 Å². The van der Waals surface area contributed by atoms with Crippen molar-refractivity contribution in [3.05, 3.63) is 126 Å². The van der Waals surface area contributed by atoms with Gasteiger partial charge in [0.25, 0.3) is 11.8 Å². The first-order chi connectivity index (χ1) is 17.5. The predicted octanol–water partition coefficient (Wildman–Crippen LogP) is 5.06. The lowest BCUT2D eigenvalue weighted by molar-refractivity contribution is 0.0939. The molecule has 36 heavy (non-hydrogen) atoms. The Balaban J connectivity index is 1.59. The molecule has 0 fully saturated rings. The van der Waals surface area contributed by atoms with Crippen LogP contribution in [0.4, 0.5) is 0 Å². The average Bonchev–Trinajstić information content (AvgIpc) is 2.95. The number of carbonyl (C=O) groups excluding carboxylic acids is 2. The lowest BCUT2D eigenvalue weighted by Gasteiger charge is -2.11. The molecule has 0 aliphatic carbocycles. The number of carbonyl (C=O) groups is 2. The lowest BCUT2D eigenvalue weighted by Crippen LogP contribution is -2.23. The quantitative estimate of drug-likeness (QED) is 0.289. The average molecular weight is 476 g/mol. The zero-order valence-corrected chi connectivity index (χ0v) is 20.0.